The van der Waals surface area contributed by atoms with Crippen LogP contribution in [0.4, 0.5) is 17.6 Å². The molecule has 2 rings (SSSR count). The Hall–Kier alpha value is -1.00. The number of hydrogen-bond acceptors (Lipinski definition) is 1. The number of nitrogens with one attached hydrogen (secondary N) is 1. The van der Waals surface area contributed by atoms with Gasteiger partial charge in [0.05, 0.1) is 0 Å². The molecule has 0 amide bonds. The lowest BCUT2D eigenvalue weighted by Crippen LogP contribution is -2.39. The van der Waals surface area contributed by atoms with Gasteiger partial charge in [0.1, 0.15) is 11.2 Å². The Kier molecular flexibility index (Phi) is 1.87. The third kappa shape index (κ3) is 1.14. The van der Waals surface area contributed by atoms with Crippen LogP contribution in [0, 0.1) is 5.41 Å². The standard InChI is InChI=1S/C9H9F4N/c10-6-1-2-8(9(11,12)13)3-4-14-7(8)5-6/h1,5,14H,2-4H2. The van der Waals surface area contributed by atoms with Crippen LogP contribution in [0.5, 0.6) is 0 Å². The second-order valence-electron chi connectivity index (χ2n) is 3.61. The van der Waals surface area contributed by atoms with Crippen LogP contribution in [0.3, 0.4) is 0 Å². The molecule has 14 heavy (non-hydrogen) atoms. The summed E-state index contributed by atoms with van der Waals surface area (Å²) in [6.45, 7) is 0.256. The highest BCUT2D eigenvalue weighted by Gasteiger charge is 2.59. The zero-order valence-corrected chi connectivity index (χ0v) is 7.29. The summed E-state index contributed by atoms with van der Waals surface area (Å²) in [7, 11) is 0. The molecule has 0 radical (unpaired) electrons. The van der Waals surface area contributed by atoms with Gasteiger partial charge in [0.25, 0.3) is 0 Å². The Morgan fingerprint density at radius 1 is 1.36 bits per heavy atom. The zero-order chi connectivity index (χ0) is 10.4. The van der Waals surface area contributed by atoms with E-state index in [9.17, 15) is 17.6 Å². The van der Waals surface area contributed by atoms with Crippen molar-refractivity contribution in [2.75, 3.05) is 6.54 Å². The van der Waals surface area contributed by atoms with Crippen molar-refractivity contribution in [2.45, 2.75) is 19.0 Å². The molecule has 0 aromatic heterocycles. The lowest BCUT2D eigenvalue weighted by molar-refractivity contribution is -0.207. The Balaban J connectivity index is 2.42. The van der Waals surface area contributed by atoms with Crippen molar-refractivity contribution in [2.24, 2.45) is 5.41 Å². The van der Waals surface area contributed by atoms with Crippen molar-refractivity contribution in [3.05, 3.63) is 23.7 Å². The summed E-state index contributed by atoms with van der Waals surface area (Å²) in [6.07, 6.45) is -2.65. The second kappa shape index (κ2) is 2.74. The van der Waals surface area contributed by atoms with E-state index >= 15 is 0 Å². The fraction of sp³-hybridized carbons (Fsp3) is 0.556. The lowest BCUT2D eigenvalue weighted by Gasteiger charge is -2.33. The average Bonchev–Trinajstić information content (AvgIpc) is 2.46. The van der Waals surface area contributed by atoms with Crippen molar-refractivity contribution < 1.29 is 17.6 Å². The van der Waals surface area contributed by atoms with Crippen molar-refractivity contribution in [1.82, 2.24) is 5.32 Å². The summed E-state index contributed by atoms with van der Waals surface area (Å²) < 4.78 is 51.1. The molecule has 1 N–H and O–H groups in total. The maximum Gasteiger partial charge on any atom is 0.400 e. The minimum atomic E-state index is -4.31. The molecule has 0 aromatic carbocycles. The van der Waals surface area contributed by atoms with Crippen molar-refractivity contribution >= 4 is 0 Å². The molecule has 5 heteroatoms. The predicted octanol–water partition coefficient (Wildman–Crippen LogP) is 2.67. The molecule has 78 valence electrons. The number of rotatable bonds is 0. The van der Waals surface area contributed by atoms with Gasteiger partial charge in [-0.05, 0) is 25.0 Å². The normalized spacial score (nSPS) is 31.7. The zero-order valence-electron chi connectivity index (χ0n) is 7.29. The van der Waals surface area contributed by atoms with Crippen LogP contribution in [0.1, 0.15) is 12.8 Å². The van der Waals surface area contributed by atoms with Gasteiger partial charge in [0.2, 0.25) is 0 Å². The molecule has 1 heterocycles. The van der Waals surface area contributed by atoms with E-state index in [0.717, 1.165) is 12.2 Å². The van der Waals surface area contributed by atoms with Crippen molar-refractivity contribution in [3.63, 3.8) is 0 Å². The number of halogens is 4. The Morgan fingerprint density at radius 3 is 2.71 bits per heavy atom. The van der Waals surface area contributed by atoms with E-state index in [1.165, 1.54) is 0 Å². The second-order valence-corrected chi connectivity index (χ2v) is 3.61. The van der Waals surface area contributed by atoms with Gasteiger partial charge in [-0.15, -0.1) is 0 Å². The van der Waals surface area contributed by atoms with Crippen LogP contribution < -0.4 is 5.32 Å². The minimum Gasteiger partial charge on any atom is -0.387 e. The van der Waals surface area contributed by atoms with E-state index in [0.29, 0.717) is 0 Å². The molecule has 0 aromatic rings. The predicted molar refractivity (Wildman–Crippen MR) is 43.0 cm³/mol. The minimum absolute atomic E-state index is 0.00782. The van der Waals surface area contributed by atoms with Crippen molar-refractivity contribution in [1.29, 1.82) is 0 Å². The van der Waals surface area contributed by atoms with Gasteiger partial charge in [-0.2, -0.15) is 13.2 Å². The van der Waals surface area contributed by atoms with Crippen LogP contribution in [-0.2, 0) is 0 Å². The highest BCUT2D eigenvalue weighted by atomic mass is 19.4. The third-order valence-electron chi connectivity index (χ3n) is 2.85. The van der Waals surface area contributed by atoms with Gasteiger partial charge in [-0.3, -0.25) is 0 Å². The molecule has 2 aliphatic rings. The van der Waals surface area contributed by atoms with E-state index in [2.05, 4.69) is 5.32 Å². The topological polar surface area (TPSA) is 12.0 Å². The fourth-order valence-electron chi connectivity index (χ4n) is 1.99. The molecular formula is C9H9F4N. The van der Waals surface area contributed by atoms with E-state index < -0.39 is 17.4 Å². The van der Waals surface area contributed by atoms with Crippen molar-refractivity contribution in [3.8, 4) is 0 Å². The highest BCUT2D eigenvalue weighted by Crippen LogP contribution is 2.53. The van der Waals surface area contributed by atoms with Crippen LogP contribution in [-0.4, -0.2) is 12.7 Å². The van der Waals surface area contributed by atoms with Gasteiger partial charge in [-0.25, -0.2) is 4.39 Å². The quantitative estimate of drug-likeness (QED) is 0.602. The average molecular weight is 207 g/mol. The first-order valence-corrected chi connectivity index (χ1v) is 4.34. The van der Waals surface area contributed by atoms with Crippen LogP contribution in [0.2, 0.25) is 0 Å². The number of fused-ring (bicyclic) bond motifs is 1. The van der Waals surface area contributed by atoms with E-state index in [1.807, 2.05) is 0 Å². The van der Waals surface area contributed by atoms with Gasteiger partial charge in [-0.1, -0.05) is 0 Å². The summed E-state index contributed by atoms with van der Waals surface area (Å²) in [6, 6.07) is 0. The smallest absolute Gasteiger partial charge is 0.387 e. The maximum atomic E-state index is 12.8. The third-order valence-corrected chi connectivity index (χ3v) is 2.85. The summed E-state index contributed by atoms with van der Waals surface area (Å²) in [5.41, 5.74) is -1.88. The van der Waals surface area contributed by atoms with Crippen LogP contribution >= 0.6 is 0 Å². The Morgan fingerprint density at radius 2 is 2.07 bits per heavy atom. The molecule has 0 saturated carbocycles. The number of alkyl halides is 3. The van der Waals surface area contributed by atoms with E-state index in [-0.39, 0.29) is 25.1 Å². The van der Waals surface area contributed by atoms with E-state index in [4.69, 9.17) is 0 Å². The summed E-state index contributed by atoms with van der Waals surface area (Å²) in [4.78, 5) is 0. The molecule has 1 aliphatic carbocycles. The molecular weight excluding hydrogens is 198 g/mol. The highest BCUT2D eigenvalue weighted by molar-refractivity contribution is 5.33. The Bertz CT molecular complexity index is 315. The molecule has 0 bridgehead atoms. The summed E-state index contributed by atoms with van der Waals surface area (Å²) in [5, 5.41) is 2.60. The molecule has 0 spiro atoms. The molecule has 1 atom stereocenters. The maximum absolute atomic E-state index is 12.8. The Labute approximate surface area is 78.5 Å². The first-order chi connectivity index (χ1) is 6.46. The molecule has 1 saturated heterocycles. The number of hydrogen-bond donors (Lipinski definition) is 1. The largest absolute Gasteiger partial charge is 0.400 e. The van der Waals surface area contributed by atoms with Crippen LogP contribution in [0.15, 0.2) is 23.7 Å². The van der Waals surface area contributed by atoms with E-state index in [1.54, 1.807) is 0 Å². The molecule has 1 aliphatic heterocycles. The first kappa shape index (κ1) is 9.55. The van der Waals surface area contributed by atoms with Gasteiger partial charge in [0.15, 0.2) is 0 Å². The lowest BCUT2D eigenvalue weighted by atomic mass is 9.77. The number of allylic oxidation sites excluding steroid dienone is 4. The molecule has 1 fully saturated rings. The van der Waals surface area contributed by atoms with Gasteiger partial charge >= 0.3 is 6.18 Å². The van der Waals surface area contributed by atoms with Crippen LogP contribution in [0.25, 0.3) is 0 Å². The molecule has 1 unspecified atom stereocenters. The summed E-state index contributed by atoms with van der Waals surface area (Å²) in [5.74, 6) is -0.589. The van der Waals surface area contributed by atoms with Gasteiger partial charge < -0.3 is 5.32 Å². The monoisotopic (exact) mass is 207 g/mol. The summed E-state index contributed by atoms with van der Waals surface area (Å²) >= 11 is 0. The fourth-order valence-corrected chi connectivity index (χ4v) is 1.99. The first-order valence-electron chi connectivity index (χ1n) is 4.34. The molecule has 1 nitrogen and oxygen atoms in total. The SMILES string of the molecule is FC1=CCC2(C(F)(F)F)CCNC2=C1. The van der Waals surface area contributed by atoms with Gasteiger partial charge in [0, 0.05) is 12.2 Å².